The van der Waals surface area contributed by atoms with Gasteiger partial charge in [0.25, 0.3) is 0 Å². The molecule has 102 valence electrons. The number of nitrogens with one attached hydrogen (secondary N) is 1. The van der Waals surface area contributed by atoms with Crippen LogP contribution in [0.3, 0.4) is 0 Å². The van der Waals surface area contributed by atoms with Crippen LogP contribution in [0.25, 0.3) is 0 Å². The standard InChI is InChI=1S/C13H15BrN2O3/c1-8-13(18)16(12(17)6-15-8)7-9-5-10(19-2)3-4-11(9)14/h3-5,8,15H,6-7H2,1-2H3. The minimum Gasteiger partial charge on any atom is -0.497 e. The van der Waals surface area contributed by atoms with Crippen molar-refractivity contribution in [2.45, 2.75) is 19.5 Å². The first-order valence-corrected chi connectivity index (χ1v) is 6.72. The van der Waals surface area contributed by atoms with E-state index in [9.17, 15) is 9.59 Å². The average Bonchev–Trinajstić information content (AvgIpc) is 2.41. The molecule has 0 spiro atoms. The zero-order valence-electron chi connectivity index (χ0n) is 10.8. The molecule has 5 nitrogen and oxygen atoms in total. The Bertz CT molecular complexity index is 519. The molecule has 6 heteroatoms. The summed E-state index contributed by atoms with van der Waals surface area (Å²) in [5.74, 6) is 0.282. The normalized spacial score (nSPS) is 19.7. The smallest absolute Gasteiger partial charge is 0.246 e. The van der Waals surface area contributed by atoms with E-state index >= 15 is 0 Å². The van der Waals surface area contributed by atoms with E-state index in [1.807, 2.05) is 18.2 Å². The quantitative estimate of drug-likeness (QED) is 0.851. The summed E-state index contributed by atoms with van der Waals surface area (Å²) in [4.78, 5) is 25.1. The second-order valence-electron chi connectivity index (χ2n) is 4.38. The summed E-state index contributed by atoms with van der Waals surface area (Å²) in [6.07, 6.45) is 0. The van der Waals surface area contributed by atoms with Crippen molar-refractivity contribution in [2.24, 2.45) is 0 Å². The monoisotopic (exact) mass is 326 g/mol. The van der Waals surface area contributed by atoms with Crippen molar-refractivity contribution in [3.63, 3.8) is 0 Å². The summed E-state index contributed by atoms with van der Waals surface area (Å²) in [5.41, 5.74) is 0.843. The molecule has 1 aliphatic heterocycles. The molecule has 1 aliphatic rings. The zero-order chi connectivity index (χ0) is 14.0. The van der Waals surface area contributed by atoms with Gasteiger partial charge in [0.15, 0.2) is 0 Å². The van der Waals surface area contributed by atoms with E-state index in [0.29, 0.717) is 5.75 Å². The number of carbonyl (C=O) groups excluding carboxylic acids is 2. The third-order valence-corrected chi connectivity index (χ3v) is 3.85. The molecule has 0 radical (unpaired) electrons. The molecule has 0 saturated carbocycles. The first-order chi connectivity index (χ1) is 9.02. The zero-order valence-corrected chi connectivity index (χ0v) is 12.4. The fraction of sp³-hybridized carbons (Fsp3) is 0.385. The Morgan fingerprint density at radius 2 is 2.21 bits per heavy atom. The number of amides is 2. The maximum atomic E-state index is 12.0. The Balaban J connectivity index is 2.24. The van der Waals surface area contributed by atoms with Crippen LogP contribution in [0.2, 0.25) is 0 Å². The van der Waals surface area contributed by atoms with Crippen molar-refractivity contribution in [2.75, 3.05) is 13.7 Å². The van der Waals surface area contributed by atoms with Crippen molar-refractivity contribution in [3.8, 4) is 5.75 Å². The number of imide groups is 1. The second-order valence-corrected chi connectivity index (χ2v) is 5.23. The lowest BCUT2D eigenvalue weighted by Crippen LogP contribution is -2.56. The van der Waals surface area contributed by atoms with Crippen LogP contribution in [-0.2, 0) is 16.1 Å². The van der Waals surface area contributed by atoms with E-state index in [2.05, 4.69) is 21.2 Å². The highest BCUT2D eigenvalue weighted by Crippen LogP contribution is 2.24. The largest absolute Gasteiger partial charge is 0.497 e. The Morgan fingerprint density at radius 3 is 2.89 bits per heavy atom. The van der Waals surface area contributed by atoms with E-state index in [1.165, 1.54) is 4.90 Å². The van der Waals surface area contributed by atoms with E-state index in [-0.39, 0.29) is 30.9 Å². The van der Waals surface area contributed by atoms with Crippen molar-refractivity contribution < 1.29 is 14.3 Å². The Morgan fingerprint density at radius 1 is 1.47 bits per heavy atom. The van der Waals surface area contributed by atoms with Gasteiger partial charge >= 0.3 is 0 Å². The summed E-state index contributed by atoms with van der Waals surface area (Å²) in [7, 11) is 1.58. The number of piperazine rings is 1. The molecular formula is C13H15BrN2O3. The van der Waals surface area contributed by atoms with Crippen LogP contribution >= 0.6 is 15.9 Å². The highest BCUT2D eigenvalue weighted by molar-refractivity contribution is 9.10. The van der Waals surface area contributed by atoms with E-state index < -0.39 is 0 Å². The van der Waals surface area contributed by atoms with Crippen molar-refractivity contribution in [1.29, 1.82) is 0 Å². The molecular weight excluding hydrogens is 312 g/mol. The molecule has 0 aliphatic carbocycles. The van der Waals surface area contributed by atoms with Crippen molar-refractivity contribution in [1.82, 2.24) is 10.2 Å². The van der Waals surface area contributed by atoms with Gasteiger partial charge in [-0.15, -0.1) is 0 Å². The van der Waals surface area contributed by atoms with Gasteiger partial charge in [-0.25, -0.2) is 0 Å². The van der Waals surface area contributed by atoms with Crippen LogP contribution in [0.5, 0.6) is 5.75 Å². The van der Waals surface area contributed by atoms with Crippen LogP contribution in [-0.4, -0.2) is 36.4 Å². The van der Waals surface area contributed by atoms with Gasteiger partial charge in [-0.1, -0.05) is 15.9 Å². The molecule has 1 heterocycles. The fourth-order valence-corrected chi connectivity index (χ4v) is 2.29. The van der Waals surface area contributed by atoms with Crippen LogP contribution in [0.1, 0.15) is 12.5 Å². The van der Waals surface area contributed by atoms with E-state index in [1.54, 1.807) is 14.0 Å². The lowest BCUT2D eigenvalue weighted by Gasteiger charge is -2.30. The summed E-state index contributed by atoms with van der Waals surface area (Å²) in [6, 6.07) is 5.14. The summed E-state index contributed by atoms with van der Waals surface area (Å²) < 4.78 is 6.00. The Hall–Kier alpha value is -1.40. The van der Waals surface area contributed by atoms with Gasteiger partial charge in [-0.2, -0.15) is 0 Å². The van der Waals surface area contributed by atoms with Gasteiger partial charge in [-0.3, -0.25) is 19.8 Å². The summed E-state index contributed by atoms with van der Waals surface area (Å²) >= 11 is 3.42. The maximum Gasteiger partial charge on any atom is 0.246 e. The molecule has 2 amide bonds. The van der Waals surface area contributed by atoms with Crippen LogP contribution in [0.4, 0.5) is 0 Å². The lowest BCUT2D eigenvalue weighted by atomic mass is 10.1. The first kappa shape index (κ1) is 14.0. The number of hydrogen-bond acceptors (Lipinski definition) is 4. The molecule has 0 aromatic heterocycles. The van der Waals surface area contributed by atoms with Gasteiger partial charge in [0.05, 0.1) is 26.2 Å². The van der Waals surface area contributed by atoms with E-state index in [4.69, 9.17) is 4.74 Å². The third kappa shape index (κ3) is 2.96. The van der Waals surface area contributed by atoms with Gasteiger partial charge in [0, 0.05) is 4.47 Å². The SMILES string of the molecule is COc1ccc(Br)c(CN2C(=O)CNC(C)C2=O)c1. The fourth-order valence-electron chi connectivity index (χ4n) is 1.92. The summed E-state index contributed by atoms with van der Waals surface area (Å²) in [6.45, 7) is 2.19. The van der Waals surface area contributed by atoms with Gasteiger partial charge in [0.1, 0.15) is 5.75 Å². The van der Waals surface area contributed by atoms with Crippen molar-refractivity contribution >= 4 is 27.7 Å². The molecule has 19 heavy (non-hydrogen) atoms. The first-order valence-electron chi connectivity index (χ1n) is 5.93. The predicted octanol–water partition coefficient (Wildman–Crippen LogP) is 1.30. The molecule has 1 N–H and O–H groups in total. The van der Waals surface area contributed by atoms with Crippen LogP contribution < -0.4 is 10.1 Å². The molecule has 1 aromatic rings. The average molecular weight is 327 g/mol. The van der Waals surface area contributed by atoms with Crippen molar-refractivity contribution in [3.05, 3.63) is 28.2 Å². The number of hydrogen-bond donors (Lipinski definition) is 1. The Labute approximate surface area is 120 Å². The highest BCUT2D eigenvalue weighted by Gasteiger charge is 2.31. The van der Waals surface area contributed by atoms with Gasteiger partial charge in [0.2, 0.25) is 11.8 Å². The number of benzene rings is 1. The molecule has 1 saturated heterocycles. The van der Waals surface area contributed by atoms with Crippen LogP contribution in [0.15, 0.2) is 22.7 Å². The number of rotatable bonds is 3. The van der Waals surface area contributed by atoms with Gasteiger partial charge in [-0.05, 0) is 30.7 Å². The minimum atomic E-state index is -0.331. The molecule has 1 unspecified atom stereocenters. The second kappa shape index (κ2) is 5.71. The van der Waals surface area contributed by atoms with Gasteiger partial charge < -0.3 is 4.74 Å². The molecule has 1 atom stereocenters. The number of nitrogens with zero attached hydrogens (tertiary/aromatic N) is 1. The number of ether oxygens (including phenoxy) is 1. The third-order valence-electron chi connectivity index (χ3n) is 3.08. The van der Waals surface area contributed by atoms with Crippen LogP contribution in [0, 0.1) is 0 Å². The Kier molecular flexibility index (Phi) is 4.21. The predicted molar refractivity (Wildman–Crippen MR) is 73.7 cm³/mol. The maximum absolute atomic E-state index is 12.0. The topological polar surface area (TPSA) is 58.6 Å². The van der Waals surface area contributed by atoms with E-state index in [0.717, 1.165) is 10.0 Å². The number of carbonyl (C=O) groups is 2. The number of halogens is 1. The summed E-state index contributed by atoms with van der Waals surface area (Å²) in [5, 5.41) is 2.86. The molecule has 1 fully saturated rings. The number of methoxy groups -OCH3 is 1. The highest BCUT2D eigenvalue weighted by atomic mass is 79.9. The molecule has 0 bridgehead atoms. The minimum absolute atomic E-state index is 0.189. The lowest BCUT2D eigenvalue weighted by molar-refractivity contribution is -0.149. The molecule has 2 rings (SSSR count). The molecule has 1 aromatic carbocycles.